The smallest absolute Gasteiger partial charge is 0.266 e. The number of hydrogen-bond donors (Lipinski definition) is 1. The molecule has 1 N–H and O–H groups in total. The van der Waals surface area contributed by atoms with Crippen LogP contribution >= 0.6 is 15.9 Å². The minimum Gasteiger partial charge on any atom is -0.492 e. The van der Waals surface area contributed by atoms with E-state index in [0.717, 1.165) is 0 Å². The highest BCUT2D eigenvalue weighted by Crippen LogP contribution is 2.37. The van der Waals surface area contributed by atoms with Crippen molar-refractivity contribution in [2.45, 2.75) is 6.92 Å². The highest BCUT2D eigenvalue weighted by molar-refractivity contribution is 9.10. The summed E-state index contributed by atoms with van der Waals surface area (Å²) in [5, 5.41) is 11.7. The molecule has 0 fully saturated rings. The Kier molecular flexibility index (Phi) is 6.75. The van der Waals surface area contributed by atoms with E-state index >= 15 is 0 Å². The number of nitrogens with one attached hydrogen (secondary N) is 1. The molecule has 7 heteroatoms. The summed E-state index contributed by atoms with van der Waals surface area (Å²) in [4.78, 5) is 12.3. The maximum Gasteiger partial charge on any atom is 0.266 e. The van der Waals surface area contributed by atoms with Crippen LogP contribution in [0.1, 0.15) is 12.5 Å². The van der Waals surface area contributed by atoms with E-state index < -0.39 is 11.7 Å². The van der Waals surface area contributed by atoms with Crippen LogP contribution < -0.4 is 14.8 Å². The number of hydrogen-bond acceptors (Lipinski definition) is 4. The van der Waals surface area contributed by atoms with Crippen molar-refractivity contribution in [3.05, 3.63) is 57.8 Å². The molecule has 1 amide bonds. The topological polar surface area (TPSA) is 71.3 Å². The number of para-hydroxylation sites is 1. The lowest BCUT2D eigenvalue weighted by atomic mass is 10.1. The number of halogens is 2. The minimum atomic E-state index is -0.706. The molecule has 0 bridgehead atoms. The molecule has 2 aromatic carbocycles. The molecule has 0 heterocycles. The lowest BCUT2D eigenvalue weighted by molar-refractivity contribution is -0.112. The second-order valence-corrected chi connectivity index (χ2v) is 5.93. The molecule has 0 aliphatic heterocycles. The van der Waals surface area contributed by atoms with Crippen molar-refractivity contribution in [2.24, 2.45) is 0 Å². The van der Waals surface area contributed by atoms with Crippen LogP contribution in [0.25, 0.3) is 6.08 Å². The summed E-state index contributed by atoms with van der Waals surface area (Å²) in [5.41, 5.74) is 0.388. The second-order valence-electron chi connectivity index (χ2n) is 5.07. The van der Waals surface area contributed by atoms with Crippen LogP contribution in [-0.2, 0) is 4.79 Å². The molecule has 0 aliphatic carbocycles. The van der Waals surface area contributed by atoms with Gasteiger partial charge >= 0.3 is 0 Å². The Labute approximate surface area is 159 Å². The highest BCUT2D eigenvalue weighted by atomic mass is 79.9. The molecule has 134 valence electrons. The maximum absolute atomic E-state index is 13.7. The predicted octanol–water partition coefficient (Wildman–Crippen LogP) is 4.54. The average Bonchev–Trinajstić information content (AvgIpc) is 2.61. The normalized spacial score (nSPS) is 10.8. The quantitative estimate of drug-likeness (QED) is 0.551. The number of amides is 1. The fourth-order valence-corrected chi connectivity index (χ4v) is 2.82. The molecule has 5 nitrogen and oxygen atoms in total. The first-order chi connectivity index (χ1) is 12.5. The van der Waals surface area contributed by atoms with Gasteiger partial charge in [0.1, 0.15) is 17.5 Å². The number of nitriles is 1. The Morgan fingerprint density at radius 3 is 2.73 bits per heavy atom. The van der Waals surface area contributed by atoms with Gasteiger partial charge in [0.2, 0.25) is 0 Å². The third-order valence-corrected chi connectivity index (χ3v) is 3.92. The summed E-state index contributed by atoms with van der Waals surface area (Å²) in [6.07, 6.45) is 1.39. The number of rotatable bonds is 6. The maximum atomic E-state index is 13.7. The molecule has 0 spiro atoms. The zero-order valence-corrected chi connectivity index (χ0v) is 15.8. The average molecular weight is 419 g/mol. The molecular formula is C19H16BrFN2O3. The molecule has 0 unspecified atom stereocenters. The van der Waals surface area contributed by atoms with E-state index in [-0.39, 0.29) is 11.3 Å². The van der Waals surface area contributed by atoms with Crippen LogP contribution in [0.4, 0.5) is 10.1 Å². The Morgan fingerprint density at radius 2 is 2.12 bits per heavy atom. The number of nitrogens with zero attached hydrogens (tertiary/aromatic N) is 1. The number of carbonyl (C=O) groups is 1. The van der Waals surface area contributed by atoms with E-state index in [9.17, 15) is 14.4 Å². The zero-order valence-electron chi connectivity index (χ0n) is 14.2. The van der Waals surface area contributed by atoms with Crippen molar-refractivity contribution in [2.75, 3.05) is 19.0 Å². The number of ether oxygens (including phenoxy) is 2. The summed E-state index contributed by atoms with van der Waals surface area (Å²) < 4.78 is 25.1. The van der Waals surface area contributed by atoms with Crippen LogP contribution in [0.15, 0.2) is 46.4 Å². The van der Waals surface area contributed by atoms with E-state index in [1.165, 1.54) is 31.4 Å². The van der Waals surface area contributed by atoms with Gasteiger partial charge in [-0.3, -0.25) is 4.79 Å². The number of methoxy groups -OCH3 is 1. The van der Waals surface area contributed by atoms with Gasteiger partial charge in [-0.2, -0.15) is 5.26 Å². The summed E-state index contributed by atoms with van der Waals surface area (Å²) in [7, 11) is 1.51. The summed E-state index contributed by atoms with van der Waals surface area (Å²) >= 11 is 3.37. The van der Waals surface area contributed by atoms with E-state index in [2.05, 4.69) is 21.2 Å². The molecule has 0 saturated heterocycles. The minimum absolute atomic E-state index is 0.00423. The van der Waals surface area contributed by atoms with E-state index in [1.54, 1.807) is 18.2 Å². The molecule has 0 saturated carbocycles. The standard InChI is InChI=1S/C19H16BrFN2O3/c1-3-26-17-10-12(9-14(20)18(17)25-2)8-13(11-22)19(24)23-16-7-5-4-6-15(16)21/h4-10H,3H2,1-2H3,(H,23,24)/b13-8-. The van der Waals surface area contributed by atoms with Crippen molar-refractivity contribution in [3.8, 4) is 17.6 Å². The molecule has 0 atom stereocenters. The summed E-state index contributed by atoms with van der Waals surface area (Å²) in [5.74, 6) is -0.299. The van der Waals surface area contributed by atoms with Gasteiger partial charge in [0.15, 0.2) is 11.5 Å². The monoisotopic (exact) mass is 418 g/mol. The van der Waals surface area contributed by atoms with Gasteiger partial charge in [0, 0.05) is 0 Å². The van der Waals surface area contributed by atoms with Crippen molar-refractivity contribution in [1.29, 1.82) is 5.26 Å². The summed E-state index contributed by atoms with van der Waals surface area (Å²) in [6.45, 7) is 2.26. The first-order valence-corrected chi connectivity index (χ1v) is 8.47. The van der Waals surface area contributed by atoms with Crippen LogP contribution in [0.5, 0.6) is 11.5 Å². The molecule has 0 aromatic heterocycles. The van der Waals surface area contributed by atoms with Gasteiger partial charge < -0.3 is 14.8 Å². The van der Waals surface area contributed by atoms with E-state index in [0.29, 0.717) is 28.1 Å². The molecule has 26 heavy (non-hydrogen) atoms. The summed E-state index contributed by atoms with van der Waals surface area (Å²) in [6, 6.07) is 10.9. The lowest BCUT2D eigenvalue weighted by Gasteiger charge is -2.12. The van der Waals surface area contributed by atoms with Crippen molar-refractivity contribution < 1.29 is 18.7 Å². The van der Waals surface area contributed by atoms with Crippen molar-refractivity contribution in [3.63, 3.8) is 0 Å². The Balaban J connectivity index is 2.35. The Morgan fingerprint density at radius 1 is 1.38 bits per heavy atom. The predicted molar refractivity (Wildman–Crippen MR) is 100 cm³/mol. The molecule has 0 aliphatic rings. The van der Waals surface area contributed by atoms with Crippen molar-refractivity contribution in [1.82, 2.24) is 0 Å². The van der Waals surface area contributed by atoms with Gasteiger partial charge in [0.05, 0.1) is 23.9 Å². The van der Waals surface area contributed by atoms with Crippen LogP contribution in [0.3, 0.4) is 0 Å². The number of benzene rings is 2. The third kappa shape index (κ3) is 4.61. The van der Waals surface area contributed by atoms with E-state index in [1.807, 2.05) is 13.0 Å². The van der Waals surface area contributed by atoms with Gasteiger partial charge in [0.25, 0.3) is 5.91 Å². The zero-order chi connectivity index (χ0) is 19.1. The number of carbonyl (C=O) groups excluding carboxylic acids is 1. The van der Waals surface area contributed by atoms with Gasteiger partial charge in [-0.25, -0.2) is 4.39 Å². The molecule has 2 aromatic rings. The van der Waals surface area contributed by atoms with Gasteiger partial charge in [-0.1, -0.05) is 12.1 Å². The fraction of sp³-hybridized carbons (Fsp3) is 0.158. The van der Waals surface area contributed by atoms with Crippen molar-refractivity contribution >= 4 is 33.6 Å². The molecular weight excluding hydrogens is 403 g/mol. The van der Waals surface area contributed by atoms with Gasteiger partial charge in [-0.05, 0) is 58.8 Å². The third-order valence-electron chi connectivity index (χ3n) is 3.33. The Hall–Kier alpha value is -2.85. The lowest BCUT2D eigenvalue weighted by Crippen LogP contribution is -2.14. The van der Waals surface area contributed by atoms with E-state index in [4.69, 9.17) is 9.47 Å². The molecule has 2 rings (SSSR count). The second kappa shape index (κ2) is 9.02. The van der Waals surface area contributed by atoms with Crippen LogP contribution in [0.2, 0.25) is 0 Å². The number of anilines is 1. The SMILES string of the molecule is CCOc1cc(/C=C(/C#N)C(=O)Nc2ccccc2F)cc(Br)c1OC. The Bertz CT molecular complexity index is 891. The molecule has 0 radical (unpaired) electrons. The highest BCUT2D eigenvalue weighted by Gasteiger charge is 2.14. The first kappa shape index (κ1) is 19.5. The van der Waals surface area contributed by atoms with Crippen LogP contribution in [0, 0.1) is 17.1 Å². The fourth-order valence-electron chi connectivity index (χ4n) is 2.20. The largest absolute Gasteiger partial charge is 0.492 e. The van der Waals surface area contributed by atoms with Gasteiger partial charge in [-0.15, -0.1) is 0 Å². The van der Waals surface area contributed by atoms with Crippen LogP contribution in [-0.4, -0.2) is 19.6 Å². The first-order valence-electron chi connectivity index (χ1n) is 7.68.